The van der Waals surface area contributed by atoms with Crippen molar-refractivity contribution in [1.29, 1.82) is 0 Å². The number of ether oxygens (including phenoxy) is 3. The highest BCUT2D eigenvalue weighted by Gasteiger charge is 2.48. The summed E-state index contributed by atoms with van der Waals surface area (Å²) in [5.74, 6) is 0. The van der Waals surface area contributed by atoms with Crippen LogP contribution in [0.1, 0.15) is 11.9 Å². The van der Waals surface area contributed by atoms with Crippen molar-refractivity contribution >= 4 is 0 Å². The number of nitrogens with zero attached hydrogens (tertiary/aromatic N) is 3. The first-order valence-corrected chi connectivity index (χ1v) is 6.58. The largest absolute Gasteiger partial charge is 0.387 e. The summed E-state index contributed by atoms with van der Waals surface area (Å²) in [5.41, 5.74) is 9.45. The first-order chi connectivity index (χ1) is 10.2. The maximum Gasteiger partial charge on any atom is 0.184 e. The van der Waals surface area contributed by atoms with E-state index in [1.165, 1.54) is 0 Å². The Balaban J connectivity index is 1.82. The molecule has 1 aromatic rings. The van der Waals surface area contributed by atoms with Gasteiger partial charge in [-0.25, -0.2) is 0 Å². The smallest absolute Gasteiger partial charge is 0.184 e. The average molecular weight is 293 g/mol. The van der Waals surface area contributed by atoms with E-state index < -0.39 is 36.9 Å². The van der Waals surface area contributed by atoms with E-state index in [-0.39, 0.29) is 6.61 Å². The summed E-state index contributed by atoms with van der Waals surface area (Å²) in [6.45, 7) is 0.172. The maximum atomic E-state index is 9.90. The molecule has 2 aliphatic heterocycles. The molecule has 0 aliphatic carbocycles. The first-order valence-electron chi connectivity index (χ1n) is 6.58. The zero-order chi connectivity index (χ0) is 14.8. The van der Waals surface area contributed by atoms with Crippen LogP contribution in [0.3, 0.4) is 0 Å². The van der Waals surface area contributed by atoms with Gasteiger partial charge in [-0.3, -0.25) is 0 Å². The molecule has 2 N–H and O–H groups in total. The minimum atomic E-state index is -1.43. The molecule has 0 aromatic heterocycles. The summed E-state index contributed by atoms with van der Waals surface area (Å²) < 4.78 is 16.6. The fourth-order valence-corrected chi connectivity index (χ4v) is 2.57. The molecular formula is C13H15N3O5. The molecule has 0 bridgehead atoms. The molecule has 0 spiro atoms. The Kier molecular flexibility index (Phi) is 4.07. The van der Waals surface area contributed by atoms with Gasteiger partial charge in [0, 0.05) is 10.5 Å². The Morgan fingerprint density at radius 2 is 1.95 bits per heavy atom. The minimum absolute atomic E-state index is 0.172. The van der Waals surface area contributed by atoms with Crippen molar-refractivity contribution in [1.82, 2.24) is 0 Å². The van der Waals surface area contributed by atoms with Gasteiger partial charge in [0.1, 0.15) is 18.3 Å². The van der Waals surface area contributed by atoms with Gasteiger partial charge in [-0.2, -0.15) is 0 Å². The van der Waals surface area contributed by atoms with Crippen molar-refractivity contribution in [2.75, 3.05) is 6.61 Å². The summed E-state index contributed by atoms with van der Waals surface area (Å²) in [5, 5.41) is 23.1. The second kappa shape index (κ2) is 5.98. The molecule has 8 nitrogen and oxygen atoms in total. The van der Waals surface area contributed by atoms with Crippen molar-refractivity contribution in [3.63, 3.8) is 0 Å². The van der Waals surface area contributed by atoms with Gasteiger partial charge >= 0.3 is 0 Å². The number of hydrogen-bond acceptors (Lipinski definition) is 6. The Hall–Kier alpha value is -1.67. The van der Waals surface area contributed by atoms with Crippen molar-refractivity contribution in [2.24, 2.45) is 5.11 Å². The highest BCUT2D eigenvalue weighted by molar-refractivity contribution is 5.16. The summed E-state index contributed by atoms with van der Waals surface area (Å²) in [6, 6.07) is 8.36. The topological polar surface area (TPSA) is 117 Å². The van der Waals surface area contributed by atoms with Crippen LogP contribution in [0, 0.1) is 0 Å². The van der Waals surface area contributed by atoms with Gasteiger partial charge < -0.3 is 24.4 Å². The fourth-order valence-electron chi connectivity index (χ4n) is 2.57. The lowest BCUT2D eigenvalue weighted by atomic mass is 9.96. The lowest BCUT2D eigenvalue weighted by Crippen LogP contribution is -2.60. The zero-order valence-electron chi connectivity index (χ0n) is 11.0. The molecule has 0 radical (unpaired) electrons. The van der Waals surface area contributed by atoms with Crippen molar-refractivity contribution in [2.45, 2.75) is 36.9 Å². The molecule has 0 saturated carbocycles. The maximum absolute atomic E-state index is 9.90. The summed E-state index contributed by atoms with van der Waals surface area (Å²) >= 11 is 0. The summed E-state index contributed by atoms with van der Waals surface area (Å²) in [7, 11) is 0. The first kappa shape index (κ1) is 14.3. The second-order valence-electron chi connectivity index (χ2n) is 4.93. The van der Waals surface area contributed by atoms with E-state index in [4.69, 9.17) is 19.7 Å². The number of azide groups is 1. The predicted molar refractivity (Wildman–Crippen MR) is 69.8 cm³/mol. The zero-order valence-corrected chi connectivity index (χ0v) is 11.0. The third-order valence-corrected chi connectivity index (χ3v) is 3.61. The Labute approximate surface area is 120 Å². The third kappa shape index (κ3) is 2.73. The molecule has 3 rings (SSSR count). The van der Waals surface area contributed by atoms with E-state index in [1.807, 2.05) is 30.3 Å². The standard InChI is InChI=1S/C13H15N3O5/c14-16-15-9-10(17)12(18)20-8-6-19-13(21-11(8)9)7-4-2-1-3-5-7/h1-5,8-13,17-18H,6H2/t8-,9-,10-,11+,12-,13?/m1/s1. The average Bonchev–Trinajstić information content (AvgIpc) is 2.52. The number of aliphatic hydroxyl groups excluding tert-OH is 2. The molecule has 1 unspecified atom stereocenters. The van der Waals surface area contributed by atoms with Gasteiger partial charge in [-0.15, -0.1) is 0 Å². The second-order valence-corrected chi connectivity index (χ2v) is 4.93. The van der Waals surface area contributed by atoms with E-state index >= 15 is 0 Å². The fraction of sp³-hybridized carbons (Fsp3) is 0.538. The molecular weight excluding hydrogens is 278 g/mol. The van der Waals surface area contributed by atoms with Crippen LogP contribution in [0.25, 0.3) is 10.4 Å². The van der Waals surface area contributed by atoms with E-state index in [1.54, 1.807) is 0 Å². The van der Waals surface area contributed by atoms with Gasteiger partial charge in [-0.05, 0) is 5.53 Å². The van der Waals surface area contributed by atoms with Crippen molar-refractivity contribution < 1.29 is 24.4 Å². The monoisotopic (exact) mass is 293 g/mol. The number of rotatable bonds is 2. The Bertz CT molecular complexity index is 536. The Morgan fingerprint density at radius 3 is 2.67 bits per heavy atom. The molecule has 2 heterocycles. The lowest BCUT2D eigenvalue weighted by molar-refractivity contribution is -0.334. The van der Waals surface area contributed by atoms with E-state index in [0.29, 0.717) is 0 Å². The number of hydrogen-bond donors (Lipinski definition) is 2. The highest BCUT2D eigenvalue weighted by atomic mass is 16.7. The SMILES string of the molecule is [N-]=[N+]=N[C@@H]1[C@@H](O)[C@H](O)O[C@@H]2COC(c3ccccc3)O[C@H]12. The normalized spacial score (nSPS) is 39.1. The van der Waals surface area contributed by atoms with Crippen LogP contribution in [-0.4, -0.2) is 47.5 Å². The molecule has 1 aromatic carbocycles. The molecule has 6 atom stereocenters. The molecule has 2 aliphatic rings. The number of aliphatic hydroxyl groups is 2. The number of benzene rings is 1. The molecule has 2 fully saturated rings. The van der Waals surface area contributed by atoms with Crippen LogP contribution in [0.2, 0.25) is 0 Å². The number of fused-ring (bicyclic) bond motifs is 1. The van der Waals surface area contributed by atoms with Gasteiger partial charge in [0.05, 0.1) is 12.6 Å². The Morgan fingerprint density at radius 1 is 1.19 bits per heavy atom. The molecule has 2 saturated heterocycles. The van der Waals surface area contributed by atoms with Crippen LogP contribution in [-0.2, 0) is 14.2 Å². The van der Waals surface area contributed by atoms with Gasteiger partial charge in [0.2, 0.25) is 0 Å². The lowest BCUT2D eigenvalue weighted by Gasteiger charge is -2.45. The predicted octanol–water partition coefficient (Wildman–Crippen LogP) is 0.858. The highest BCUT2D eigenvalue weighted by Crippen LogP contribution is 2.34. The van der Waals surface area contributed by atoms with Crippen LogP contribution in [0.4, 0.5) is 0 Å². The van der Waals surface area contributed by atoms with Crippen LogP contribution < -0.4 is 0 Å². The molecule has 8 heteroatoms. The third-order valence-electron chi connectivity index (χ3n) is 3.61. The van der Waals surface area contributed by atoms with Crippen LogP contribution in [0.15, 0.2) is 35.4 Å². The molecule has 21 heavy (non-hydrogen) atoms. The summed E-state index contributed by atoms with van der Waals surface area (Å²) in [6.07, 6.45) is -4.68. The minimum Gasteiger partial charge on any atom is -0.387 e. The van der Waals surface area contributed by atoms with E-state index in [9.17, 15) is 10.2 Å². The van der Waals surface area contributed by atoms with Crippen LogP contribution in [0.5, 0.6) is 0 Å². The van der Waals surface area contributed by atoms with Gasteiger partial charge in [0.25, 0.3) is 0 Å². The summed E-state index contributed by atoms with van der Waals surface area (Å²) in [4.78, 5) is 2.71. The van der Waals surface area contributed by atoms with Gasteiger partial charge in [-0.1, -0.05) is 35.4 Å². The molecule has 112 valence electrons. The van der Waals surface area contributed by atoms with E-state index in [0.717, 1.165) is 5.56 Å². The van der Waals surface area contributed by atoms with Gasteiger partial charge in [0.15, 0.2) is 12.6 Å². The van der Waals surface area contributed by atoms with Crippen molar-refractivity contribution in [3.05, 3.63) is 46.3 Å². The van der Waals surface area contributed by atoms with E-state index in [2.05, 4.69) is 10.0 Å². The molecule has 0 amide bonds. The van der Waals surface area contributed by atoms with Crippen LogP contribution >= 0.6 is 0 Å². The quantitative estimate of drug-likeness (QED) is 0.476. The van der Waals surface area contributed by atoms with Crippen molar-refractivity contribution in [3.8, 4) is 0 Å².